The van der Waals surface area contributed by atoms with E-state index in [0.29, 0.717) is 0 Å². The van der Waals surface area contributed by atoms with Gasteiger partial charge in [-0.2, -0.15) is 0 Å². The Hall–Kier alpha value is -1.35. The van der Waals surface area contributed by atoms with E-state index in [4.69, 9.17) is 12.2 Å². The lowest BCUT2D eigenvalue weighted by Crippen LogP contribution is -2.05. The second-order valence-corrected chi connectivity index (χ2v) is 4.62. The molecule has 84 valence electrons. The minimum atomic E-state index is 0.276. The van der Waals surface area contributed by atoms with E-state index in [9.17, 15) is 0 Å². The highest BCUT2D eigenvalue weighted by atomic mass is 32.1. The first-order valence-electron chi connectivity index (χ1n) is 5.42. The van der Waals surface area contributed by atoms with Crippen molar-refractivity contribution in [3.63, 3.8) is 0 Å². The molecule has 0 aliphatic carbocycles. The van der Waals surface area contributed by atoms with Gasteiger partial charge in [0.25, 0.3) is 0 Å². The van der Waals surface area contributed by atoms with Gasteiger partial charge in [0.2, 0.25) is 0 Å². The molecule has 1 aromatic heterocycles. The van der Waals surface area contributed by atoms with Gasteiger partial charge in [0.05, 0.1) is 6.04 Å². The molecule has 0 aliphatic heterocycles. The average Bonchev–Trinajstić information content (AvgIpc) is 2.58. The number of aryl methyl sites for hydroxylation is 2. The highest BCUT2D eigenvalue weighted by Gasteiger charge is 2.08. The standard InChI is InChI=1S/C13H16N2S/c1-9-4-6-12(7-5-9)11(3)15-8-10(2)14-13(15)16/h4-8,11H,1-3H3,(H,14,16). The Bertz CT molecular complexity index is 534. The van der Waals surface area contributed by atoms with Crippen LogP contribution < -0.4 is 0 Å². The van der Waals surface area contributed by atoms with Crippen LogP contribution in [0.25, 0.3) is 0 Å². The van der Waals surface area contributed by atoms with Gasteiger partial charge >= 0.3 is 0 Å². The molecule has 1 atom stereocenters. The maximum absolute atomic E-state index is 5.28. The zero-order valence-corrected chi connectivity index (χ0v) is 10.6. The summed E-state index contributed by atoms with van der Waals surface area (Å²) >= 11 is 5.28. The Balaban J connectivity index is 2.38. The van der Waals surface area contributed by atoms with Gasteiger partial charge in [-0.1, -0.05) is 29.8 Å². The van der Waals surface area contributed by atoms with Crippen molar-refractivity contribution in [3.05, 3.63) is 52.1 Å². The molecule has 2 aromatic rings. The monoisotopic (exact) mass is 232 g/mol. The first-order valence-corrected chi connectivity index (χ1v) is 5.83. The minimum Gasteiger partial charge on any atom is -0.335 e. The number of hydrogen-bond acceptors (Lipinski definition) is 1. The Morgan fingerprint density at radius 2 is 1.81 bits per heavy atom. The molecule has 2 rings (SSSR count). The van der Waals surface area contributed by atoms with Crippen molar-refractivity contribution in [3.8, 4) is 0 Å². The number of rotatable bonds is 2. The van der Waals surface area contributed by atoms with Gasteiger partial charge < -0.3 is 9.55 Å². The van der Waals surface area contributed by atoms with Crippen LogP contribution in [0.15, 0.2) is 30.5 Å². The molecule has 0 fully saturated rings. The lowest BCUT2D eigenvalue weighted by Gasteiger charge is -2.13. The molecule has 16 heavy (non-hydrogen) atoms. The Kier molecular flexibility index (Phi) is 2.97. The van der Waals surface area contributed by atoms with Crippen LogP contribution in [-0.4, -0.2) is 9.55 Å². The van der Waals surface area contributed by atoms with Crippen molar-refractivity contribution in [1.82, 2.24) is 9.55 Å². The zero-order valence-electron chi connectivity index (χ0n) is 9.82. The van der Waals surface area contributed by atoms with Crippen molar-refractivity contribution in [2.75, 3.05) is 0 Å². The van der Waals surface area contributed by atoms with E-state index in [1.54, 1.807) is 0 Å². The summed E-state index contributed by atoms with van der Waals surface area (Å²) in [5.74, 6) is 0. The summed E-state index contributed by atoms with van der Waals surface area (Å²) in [6.45, 7) is 6.28. The van der Waals surface area contributed by atoms with Crippen LogP contribution in [0.1, 0.15) is 29.8 Å². The molecule has 1 unspecified atom stereocenters. The van der Waals surface area contributed by atoms with Crippen LogP contribution in [0.5, 0.6) is 0 Å². The summed E-state index contributed by atoms with van der Waals surface area (Å²) in [5.41, 5.74) is 3.66. The number of imidazole rings is 1. The first kappa shape index (κ1) is 11.1. The van der Waals surface area contributed by atoms with Gasteiger partial charge in [-0.3, -0.25) is 0 Å². The highest BCUT2D eigenvalue weighted by molar-refractivity contribution is 7.71. The largest absolute Gasteiger partial charge is 0.335 e. The fraction of sp³-hybridized carbons (Fsp3) is 0.308. The molecule has 3 heteroatoms. The lowest BCUT2D eigenvalue weighted by atomic mass is 10.1. The molecular weight excluding hydrogens is 216 g/mol. The van der Waals surface area contributed by atoms with E-state index in [2.05, 4.69) is 53.9 Å². The molecular formula is C13H16N2S. The third-order valence-electron chi connectivity index (χ3n) is 2.85. The molecule has 0 amide bonds. The summed E-state index contributed by atoms with van der Waals surface area (Å²) < 4.78 is 2.88. The first-order chi connectivity index (χ1) is 7.58. The van der Waals surface area contributed by atoms with Crippen molar-refractivity contribution in [1.29, 1.82) is 0 Å². The highest BCUT2D eigenvalue weighted by Crippen LogP contribution is 2.19. The summed E-state index contributed by atoms with van der Waals surface area (Å²) in [6, 6.07) is 8.86. The molecule has 1 aromatic carbocycles. The van der Waals surface area contributed by atoms with Crippen LogP contribution in [-0.2, 0) is 0 Å². The van der Waals surface area contributed by atoms with Gasteiger partial charge in [0, 0.05) is 11.9 Å². The predicted molar refractivity (Wildman–Crippen MR) is 69.3 cm³/mol. The van der Waals surface area contributed by atoms with Crippen LogP contribution in [0.3, 0.4) is 0 Å². The molecule has 0 saturated carbocycles. The number of aromatic nitrogens is 2. The Morgan fingerprint density at radius 1 is 1.19 bits per heavy atom. The Labute approximate surface area is 101 Å². The third-order valence-corrected chi connectivity index (χ3v) is 3.16. The maximum Gasteiger partial charge on any atom is 0.177 e. The molecule has 1 heterocycles. The molecule has 1 N–H and O–H groups in total. The van der Waals surface area contributed by atoms with Gasteiger partial charge in [0.15, 0.2) is 4.77 Å². The van der Waals surface area contributed by atoms with Gasteiger partial charge in [-0.15, -0.1) is 0 Å². The summed E-state index contributed by atoms with van der Waals surface area (Å²) in [5, 5.41) is 0. The van der Waals surface area contributed by atoms with E-state index in [1.807, 2.05) is 6.92 Å². The summed E-state index contributed by atoms with van der Waals surface area (Å²) in [6.07, 6.45) is 2.06. The SMILES string of the molecule is Cc1ccc(C(C)n2cc(C)[nH]c2=S)cc1. The van der Waals surface area contributed by atoms with Gasteiger partial charge in [-0.05, 0) is 38.6 Å². The third kappa shape index (κ3) is 2.09. The van der Waals surface area contributed by atoms with E-state index in [0.717, 1.165) is 10.5 Å². The average molecular weight is 232 g/mol. The number of benzene rings is 1. The predicted octanol–water partition coefficient (Wildman–Crippen LogP) is 3.77. The second-order valence-electron chi connectivity index (χ2n) is 4.24. The van der Waals surface area contributed by atoms with Crippen LogP contribution in [0.2, 0.25) is 0 Å². The van der Waals surface area contributed by atoms with Gasteiger partial charge in [-0.25, -0.2) is 0 Å². The van der Waals surface area contributed by atoms with E-state index < -0.39 is 0 Å². The molecule has 0 radical (unpaired) electrons. The van der Waals surface area contributed by atoms with Crippen LogP contribution >= 0.6 is 12.2 Å². The number of nitrogens with one attached hydrogen (secondary N) is 1. The fourth-order valence-corrected chi connectivity index (χ4v) is 2.20. The quantitative estimate of drug-likeness (QED) is 0.782. The maximum atomic E-state index is 5.28. The molecule has 0 bridgehead atoms. The number of H-pyrrole nitrogens is 1. The zero-order chi connectivity index (χ0) is 11.7. The minimum absolute atomic E-state index is 0.276. The van der Waals surface area contributed by atoms with Crippen LogP contribution in [0, 0.1) is 18.6 Å². The van der Waals surface area contributed by atoms with Crippen molar-refractivity contribution < 1.29 is 0 Å². The summed E-state index contributed by atoms with van der Waals surface area (Å²) in [7, 11) is 0. The Morgan fingerprint density at radius 3 is 2.31 bits per heavy atom. The van der Waals surface area contributed by atoms with Crippen molar-refractivity contribution in [2.45, 2.75) is 26.8 Å². The van der Waals surface area contributed by atoms with Crippen molar-refractivity contribution in [2.24, 2.45) is 0 Å². The van der Waals surface area contributed by atoms with Crippen LogP contribution in [0.4, 0.5) is 0 Å². The topological polar surface area (TPSA) is 20.7 Å². The molecule has 0 aliphatic rings. The molecule has 2 nitrogen and oxygen atoms in total. The molecule has 0 saturated heterocycles. The van der Waals surface area contributed by atoms with E-state index in [-0.39, 0.29) is 6.04 Å². The molecule has 0 spiro atoms. The van der Waals surface area contributed by atoms with E-state index in [1.165, 1.54) is 11.1 Å². The van der Waals surface area contributed by atoms with Crippen molar-refractivity contribution >= 4 is 12.2 Å². The summed E-state index contributed by atoms with van der Waals surface area (Å²) in [4.78, 5) is 3.15. The number of aromatic amines is 1. The normalized spacial score (nSPS) is 12.7. The second kappa shape index (κ2) is 4.26. The smallest absolute Gasteiger partial charge is 0.177 e. The number of nitrogens with zero attached hydrogens (tertiary/aromatic N) is 1. The van der Waals surface area contributed by atoms with Gasteiger partial charge in [0.1, 0.15) is 0 Å². The fourth-order valence-electron chi connectivity index (χ4n) is 1.83. The number of hydrogen-bond donors (Lipinski definition) is 1. The van der Waals surface area contributed by atoms with E-state index >= 15 is 0 Å². The lowest BCUT2D eigenvalue weighted by molar-refractivity contribution is 0.630.